The summed E-state index contributed by atoms with van der Waals surface area (Å²) in [5.41, 5.74) is 5.70. The van der Waals surface area contributed by atoms with Gasteiger partial charge in [-0.05, 0) is 77.5 Å². The highest BCUT2D eigenvalue weighted by molar-refractivity contribution is 6.18. The highest BCUT2D eigenvalue weighted by atomic mass is 14.4. The maximum atomic E-state index is 2.40. The SMILES string of the molecule is CC1(C)c2ccc3cc4ccccc4cc3c2-c2c1ccc1c2ccc2ccccc21. The molecule has 0 nitrogen and oxygen atoms in total. The van der Waals surface area contributed by atoms with Gasteiger partial charge >= 0.3 is 0 Å². The van der Waals surface area contributed by atoms with Gasteiger partial charge in [-0.25, -0.2) is 0 Å². The van der Waals surface area contributed by atoms with Crippen molar-refractivity contribution in [2.24, 2.45) is 0 Å². The third-order valence-corrected chi connectivity index (χ3v) is 7.41. The van der Waals surface area contributed by atoms with Gasteiger partial charge in [0.1, 0.15) is 0 Å². The van der Waals surface area contributed by atoms with E-state index >= 15 is 0 Å². The Morgan fingerprint density at radius 3 is 1.81 bits per heavy atom. The lowest BCUT2D eigenvalue weighted by atomic mass is 9.81. The van der Waals surface area contributed by atoms with E-state index in [1.807, 2.05) is 0 Å². The number of hydrogen-bond acceptors (Lipinski definition) is 0. The molecule has 31 heavy (non-hydrogen) atoms. The number of fused-ring (bicyclic) bond motifs is 10. The minimum atomic E-state index is -0.00959. The molecule has 0 bridgehead atoms. The first-order valence-electron chi connectivity index (χ1n) is 11.0. The smallest absolute Gasteiger partial charge is 0.0159 e. The van der Waals surface area contributed by atoms with Crippen molar-refractivity contribution < 1.29 is 0 Å². The Hall–Kier alpha value is -3.64. The molecule has 0 saturated carbocycles. The van der Waals surface area contributed by atoms with Crippen molar-refractivity contribution in [3.8, 4) is 11.1 Å². The summed E-state index contributed by atoms with van der Waals surface area (Å²) in [4.78, 5) is 0. The number of benzene rings is 6. The van der Waals surface area contributed by atoms with E-state index in [0.717, 1.165) is 0 Å². The van der Waals surface area contributed by atoms with Crippen molar-refractivity contribution in [3.63, 3.8) is 0 Å². The summed E-state index contributed by atoms with van der Waals surface area (Å²) in [6, 6.07) is 36.2. The van der Waals surface area contributed by atoms with Crippen LogP contribution in [0.25, 0.3) is 54.2 Å². The van der Waals surface area contributed by atoms with Crippen LogP contribution in [0, 0.1) is 0 Å². The van der Waals surface area contributed by atoms with Crippen LogP contribution < -0.4 is 0 Å². The summed E-state index contributed by atoms with van der Waals surface area (Å²) in [5, 5.41) is 10.6. The fourth-order valence-corrected chi connectivity index (χ4v) is 5.83. The van der Waals surface area contributed by atoms with Crippen molar-refractivity contribution in [1.29, 1.82) is 0 Å². The average molecular weight is 395 g/mol. The molecular formula is C31H22. The molecule has 0 spiro atoms. The highest BCUT2D eigenvalue weighted by Crippen LogP contribution is 2.54. The van der Waals surface area contributed by atoms with E-state index in [9.17, 15) is 0 Å². The minimum absolute atomic E-state index is 0.00959. The molecule has 1 aliphatic rings. The molecule has 0 saturated heterocycles. The molecule has 0 radical (unpaired) electrons. The monoisotopic (exact) mass is 394 g/mol. The van der Waals surface area contributed by atoms with E-state index in [0.29, 0.717) is 0 Å². The zero-order valence-electron chi connectivity index (χ0n) is 17.7. The molecule has 0 aromatic heterocycles. The second-order valence-electron chi connectivity index (χ2n) is 9.40. The standard InChI is InChI=1S/C31H22/c1-31(2)27-15-12-22-17-20-8-3-4-9-21(20)18-26(22)30(27)29-25-13-11-19-7-5-6-10-23(19)24(25)14-16-28(29)31/h3-18H,1-2H3. The first-order chi connectivity index (χ1) is 15.1. The second-order valence-corrected chi connectivity index (χ2v) is 9.40. The molecule has 0 atom stereocenters. The summed E-state index contributed by atoms with van der Waals surface area (Å²) in [7, 11) is 0. The van der Waals surface area contributed by atoms with Crippen molar-refractivity contribution in [1.82, 2.24) is 0 Å². The molecular weight excluding hydrogens is 372 g/mol. The van der Waals surface area contributed by atoms with Gasteiger partial charge in [0, 0.05) is 5.41 Å². The third kappa shape index (κ3) is 2.15. The van der Waals surface area contributed by atoms with Gasteiger partial charge in [0.25, 0.3) is 0 Å². The zero-order valence-corrected chi connectivity index (χ0v) is 17.7. The maximum absolute atomic E-state index is 2.40. The number of hydrogen-bond donors (Lipinski definition) is 0. The van der Waals surface area contributed by atoms with Gasteiger partial charge in [0.05, 0.1) is 0 Å². The Morgan fingerprint density at radius 2 is 1.00 bits per heavy atom. The molecule has 0 fully saturated rings. The van der Waals surface area contributed by atoms with Crippen LogP contribution in [0.3, 0.4) is 0 Å². The zero-order chi connectivity index (χ0) is 20.7. The lowest BCUT2D eigenvalue weighted by Crippen LogP contribution is -2.14. The van der Waals surface area contributed by atoms with Gasteiger partial charge in [-0.1, -0.05) is 98.8 Å². The topological polar surface area (TPSA) is 0 Å². The van der Waals surface area contributed by atoms with E-state index < -0.39 is 0 Å². The summed E-state index contributed by atoms with van der Waals surface area (Å²) in [6.07, 6.45) is 0. The fourth-order valence-electron chi connectivity index (χ4n) is 5.83. The largest absolute Gasteiger partial charge is 0.0616 e. The lowest BCUT2D eigenvalue weighted by Gasteiger charge is -2.22. The quantitative estimate of drug-likeness (QED) is 0.179. The number of rotatable bonds is 0. The highest BCUT2D eigenvalue weighted by Gasteiger charge is 2.37. The molecule has 1 aliphatic carbocycles. The molecule has 7 rings (SSSR count). The molecule has 0 unspecified atom stereocenters. The molecule has 146 valence electrons. The first-order valence-corrected chi connectivity index (χ1v) is 11.0. The van der Waals surface area contributed by atoms with Gasteiger partial charge in [0.15, 0.2) is 0 Å². The maximum Gasteiger partial charge on any atom is 0.0159 e. The van der Waals surface area contributed by atoms with Crippen molar-refractivity contribution in [3.05, 3.63) is 108 Å². The van der Waals surface area contributed by atoms with E-state index in [-0.39, 0.29) is 5.41 Å². The Balaban J connectivity index is 1.70. The predicted molar refractivity (Wildman–Crippen MR) is 134 cm³/mol. The Morgan fingerprint density at radius 1 is 0.419 bits per heavy atom. The molecule has 6 aromatic carbocycles. The van der Waals surface area contributed by atoms with E-state index in [2.05, 4.69) is 111 Å². The summed E-state index contributed by atoms with van der Waals surface area (Å²) in [6.45, 7) is 4.74. The van der Waals surface area contributed by atoms with Crippen LogP contribution in [0.2, 0.25) is 0 Å². The summed E-state index contributed by atoms with van der Waals surface area (Å²) in [5.74, 6) is 0. The second kappa shape index (κ2) is 5.74. The van der Waals surface area contributed by atoms with E-state index in [1.54, 1.807) is 0 Å². The molecule has 6 aromatic rings. The third-order valence-electron chi connectivity index (χ3n) is 7.41. The first kappa shape index (κ1) is 17.1. The van der Waals surface area contributed by atoms with Gasteiger partial charge in [-0.2, -0.15) is 0 Å². The predicted octanol–water partition coefficient (Wildman–Crippen LogP) is 8.61. The fraction of sp³-hybridized carbons (Fsp3) is 0.0968. The van der Waals surface area contributed by atoms with Crippen molar-refractivity contribution >= 4 is 43.1 Å². The molecule has 0 N–H and O–H groups in total. The molecule has 0 heterocycles. The van der Waals surface area contributed by atoms with Gasteiger partial charge in [0.2, 0.25) is 0 Å². The van der Waals surface area contributed by atoms with Crippen LogP contribution in [0.1, 0.15) is 25.0 Å². The average Bonchev–Trinajstić information content (AvgIpc) is 3.04. The van der Waals surface area contributed by atoms with Gasteiger partial charge < -0.3 is 0 Å². The van der Waals surface area contributed by atoms with Crippen LogP contribution in [0.15, 0.2) is 97.1 Å². The Bertz CT molecular complexity index is 1670. The minimum Gasteiger partial charge on any atom is -0.0616 e. The van der Waals surface area contributed by atoms with Crippen molar-refractivity contribution in [2.75, 3.05) is 0 Å². The summed E-state index contributed by atoms with van der Waals surface area (Å²) < 4.78 is 0. The molecule has 0 amide bonds. The van der Waals surface area contributed by atoms with Crippen LogP contribution in [-0.4, -0.2) is 0 Å². The van der Waals surface area contributed by atoms with Crippen LogP contribution >= 0.6 is 0 Å². The van der Waals surface area contributed by atoms with Gasteiger partial charge in [-0.15, -0.1) is 0 Å². The van der Waals surface area contributed by atoms with E-state index in [4.69, 9.17) is 0 Å². The lowest BCUT2D eigenvalue weighted by molar-refractivity contribution is 0.661. The van der Waals surface area contributed by atoms with Crippen LogP contribution in [0.4, 0.5) is 0 Å². The van der Waals surface area contributed by atoms with Crippen LogP contribution in [0.5, 0.6) is 0 Å². The van der Waals surface area contributed by atoms with Gasteiger partial charge in [-0.3, -0.25) is 0 Å². The molecule has 0 aliphatic heterocycles. The Labute approximate surface area is 181 Å². The van der Waals surface area contributed by atoms with Crippen LogP contribution in [-0.2, 0) is 5.41 Å². The summed E-state index contributed by atoms with van der Waals surface area (Å²) >= 11 is 0. The van der Waals surface area contributed by atoms with E-state index in [1.165, 1.54) is 65.3 Å². The molecule has 0 heteroatoms. The normalized spacial score (nSPS) is 14.4. The Kier molecular flexibility index (Phi) is 3.16. The van der Waals surface area contributed by atoms with Crippen molar-refractivity contribution in [2.45, 2.75) is 19.3 Å².